The number of piperazine rings is 1. The molecule has 1 aliphatic heterocycles. The number of likely N-dealkylation sites (N-methyl/N-ethyl adjacent to an activating group) is 1. The lowest BCUT2D eigenvalue weighted by atomic mass is 10.0. The van der Waals surface area contributed by atoms with E-state index in [0.717, 1.165) is 16.5 Å². The van der Waals surface area contributed by atoms with E-state index in [-0.39, 0.29) is 29.4 Å². The molecule has 0 saturated carbocycles. The molecule has 1 N–H and O–H groups in total. The summed E-state index contributed by atoms with van der Waals surface area (Å²) in [6.07, 6.45) is 0.130. The number of hydrogen-bond donors (Lipinski definition) is 1. The molecule has 8 nitrogen and oxygen atoms in total. The molecule has 1 heterocycles. The van der Waals surface area contributed by atoms with Crippen LogP contribution in [0.4, 0.5) is 4.79 Å². The smallest absolute Gasteiger partial charge is 0.410 e. The lowest BCUT2D eigenvalue weighted by Gasteiger charge is -2.38. The molecule has 214 valence electrons. The standard InChI is InChI=1S/C32H35N3O5S/c1-33(41(38,39)31-13-7-11-27-10-5-6-12-30(27)31)28(22-25-14-16-29(36)17-15-25)23-34-18-20-35(21-19-34)32(37)40-24-26-8-3-2-4-9-26/h2-17,28,36H,18-24H2,1H3. The maximum absolute atomic E-state index is 14.0. The Morgan fingerprint density at radius 3 is 2.24 bits per heavy atom. The second-order valence-corrected chi connectivity index (χ2v) is 12.3. The lowest BCUT2D eigenvalue weighted by molar-refractivity contribution is 0.0673. The second-order valence-electron chi connectivity index (χ2n) is 10.4. The molecular formula is C32H35N3O5S. The Morgan fingerprint density at radius 1 is 0.854 bits per heavy atom. The van der Waals surface area contributed by atoms with Crippen LogP contribution in [0.25, 0.3) is 10.8 Å². The van der Waals surface area contributed by atoms with Crippen LogP contribution in [-0.2, 0) is 27.8 Å². The van der Waals surface area contributed by atoms with Crippen LogP contribution in [0.3, 0.4) is 0 Å². The van der Waals surface area contributed by atoms with Crippen molar-refractivity contribution < 1.29 is 23.1 Å². The van der Waals surface area contributed by atoms with E-state index < -0.39 is 10.0 Å². The average molecular weight is 574 g/mol. The number of sulfonamides is 1. The Kier molecular flexibility index (Phi) is 8.87. The lowest BCUT2D eigenvalue weighted by Crippen LogP contribution is -2.53. The van der Waals surface area contributed by atoms with Gasteiger partial charge in [-0.15, -0.1) is 0 Å². The Balaban J connectivity index is 1.29. The van der Waals surface area contributed by atoms with Gasteiger partial charge in [-0.3, -0.25) is 4.90 Å². The molecule has 9 heteroatoms. The van der Waals surface area contributed by atoms with Crippen LogP contribution in [0.1, 0.15) is 11.1 Å². The zero-order chi connectivity index (χ0) is 28.8. The zero-order valence-corrected chi connectivity index (χ0v) is 23.9. The molecule has 1 atom stereocenters. The molecule has 0 aliphatic carbocycles. The van der Waals surface area contributed by atoms with E-state index >= 15 is 0 Å². The van der Waals surface area contributed by atoms with Gasteiger partial charge in [0.2, 0.25) is 10.0 Å². The largest absolute Gasteiger partial charge is 0.508 e. The van der Waals surface area contributed by atoms with Gasteiger partial charge >= 0.3 is 6.09 Å². The number of hydrogen-bond acceptors (Lipinski definition) is 6. The highest BCUT2D eigenvalue weighted by molar-refractivity contribution is 7.89. The van der Waals surface area contributed by atoms with Crippen molar-refractivity contribution in [2.24, 2.45) is 0 Å². The van der Waals surface area contributed by atoms with E-state index in [0.29, 0.717) is 44.5 Å². The molecule has 0 radical (unpaired) electrons. The molecule has 5 rings (SSSR count). The molecule has 1 aliphatic rings. The molecular weight excluding hydrogens is 538 g/mol. The predicted molar refractivity (Wildman–Crippen MR) is 159 cm³/mol. The maximum Gasteiger partial charge on any atom is 0.410 e. The van der Waals surface area contributed by atoms with Crippen LogP contribution in [0, 0.1) is 0 Å². The van der Waals surface area contributed by atoms with E-state index in [1.54, 1.807) is 36.2 Å². The van der Waals surface area contributed by atoms with E-state index in [1.165, 1.54) is 4.31 Å². The third kappa shape index (κ3) is 6.87. The van der Waals surface area contributed by atoms with Crippen molar-refractivity contribution in [2.75, 3.05) is 39.8 Å². The number of nitrogens with zero attached hydrogens (tertiary/aromatic N) is 3. The number of fused-ring (bicyclic) bond motifs is 1. The molecule has 41 heavy (non-hydrogen) atoms. The normalized spacial score (nSPS) is 15.2. The van der Waals surface area contributed by atoms with Crippen LogP contribution in [0.15, 0.2) is 102 Å². The van der Waals surface area contributed by atoms with E-state index in [9.17, 15) is 18.3 Å². The SMILES string of the molecule is CN(C(Cc1ccc(O)cc1)CN1CCN(C(=O)OCc2ccccc2)CC1)S(=O)(=O)c1cccc2ccccc12. The molecule has 0 aromatic heterocycles. The van der Waals surface area contributed by atoms with Crippen LogP contribution in [0.5, 0.6) is 5.75 Å². The summed E-state index contributed by atoms with van der Waals surface area (Å²) in [7, 11) is -2.19. The Bertz CT molecular complexity index is 1570. The third-order valence-corrected chi connectivity index (χ3v) is 9.60. The monoisotopic (exact) mass is 573 g/mol. The van der Waals surface area contributed by atoms with E-state index in [4.69, 9.17) is 4.74 Å². The quantitative estimate of drug-likeness (QED) is 0.311. The van der Waals surface area contributed by atoms with Crippen LogP contribution in [-0.4, -0.2) is 79.5 Å². The summed E-state index contributed by atoms with van der Waals surface area (Å²) in [5, 5.41) is 11.3. The first-order valence-corrected chi connectivity index (χ1v) is 15.2. The summed E-state index contributed by atoms with van der Waals surface area (Å²) in [6, 6.07) is 28.9. The van der Waals surface area contributed by atoms with Gasteiger partial charge in [0.15, 0.2) is 0 Å². The highest BCUT2D eigenvalue weighted by atomic mass is 32.2. The highest BCUT2D eigenvalue weighted by Crippen LogP contribution is 2.27. The van der Waals surface area contributed by atoms with Gasteiger partial charge < -0.3 is 14.7 Å². The van der Waals surface area contributed by atoms with Crippen molar-refractivity contribution >= 4 is 26.9 Å². The number of benzene rings is 4. The molecule has 1 amide bonds. The van der Waals surface area contributed by atoms with Gasteiger partial charge in [-0.2, -0.15) is 4.31 Å². The van der Waals surface area contributed by atoms with Gasteiger partial charge in [0.1, 0.15) is 12.4 Å². The Hall–Kier alpha value is -3.92. The van der Waals surface area contributed by atoms with E-state index in [2.05, 4.69) is 4.90 Å². The minimum absolute atomic E-state index is 0.164. The maximum atomic E-state index is 14.0. The fourth-order valence-electron chi connectivity index (χ4n) is 5.21. The zero-order valence-electron chi connectivity index (χ0n) is 23.1. The van der Waals surface area contributed by atoms with Crippen molar-refractivity contribution in [1.29, 1.82) is 0 Å². The van der Waals surface area contributed by atoms with Crippen molar-refractivity contribution in [2.45, 2.75) is 24.0 Å². The summed E-state index contributed by atoms with van der Waals surface area (Å²) < 4.78 is 35.0. The molecule has 4 aromatic carbocycles. The van der Waals surface area contributed by atoms with Gasteiger partial charge in [-0.25, -0.2) is 13.2 Å². The average Bonchev–Trinajstić information content (AvgIpc) is 3.00. The second kappa shape index (κ2) is 12.7. The first-order chi connectivity index (χ1) is 19.8. The highest BCUT2D eigenvalue weighted by Gasteiger charge is 2.32. The summed E-state index contributed by atoms with van der Waals surface area (Å²) in [6.45, 7) is 2.93. The van der Waals surface area contributed by atoms with Crippen molar-refractivity contribution in [3.05, 3.63) is 108 Å². The van der Waals surface area contributed by atoms with Crippen LogP contribution < -0.4 is 0 Å². The molecule has 0 bridgehead atoms. The summed E-state index contributed by atoms with van der Waals surface area (Å²) in [5.74, 6) is 0.164. The molecule has 4 aromatic rings. The van der Waals surface area contributed by atoms with Crippen molar-refractivity contribution in [3.8, 4) is 5.75 Å². The number of phenolic OH excluding ortho intramolecular Hbond substituents is 1. The van der Waals surface area contributed by atoms with Crippen molar-refractivity contribution in [1.82, 2.24) is 14.1 Å². The summed E-state index contributed by atoms with van der Waals surface area (Å²) in [4.78, 5) is 16.8. The number of rotatable bonds is 9. The van der Waals surface area contributed by atoms with Gasteiger partial charge in [-0.05, 0) is 41.1 Å². The number of amides is 1. The predicted octanol–water partition coefficient (Wildman–Crippen LogP) is 4.73. The number of ether oxygens (including phenoxy) is 1. The van der Waals surface area contributed by atoms with Gasteiger partial charge in [-0.1, -0.05) is 78.9 Å². The van der Waals surface area contributed by atoms with Gasteiger partial charge in [0.25, 0.3) is 0 Å². The molecule has 1 unspecified atom stereocenters. The Morgan fingerprint density at radius 2 is 1.51 bits per heavy atom. The topological polar surface area (TPSA) is 90.4 Å². The fourth-order valence-corrected chi connectivity index (χ4v) is 6.76. The Labute approximate surface area is 241 Å². The summed E-state index contributed by atoms with van der Waals surface area (Å²) in [5.41, 5.74) is 1.86. The molecule has 1 fully saturated rings. The summed E-state index contributed by atoms with van der Waals surface area (Å²) >= 11 is 0. The van der Waals surface area contributed by atoms with Crippen molar-refractivity contribution in [3.63, 3.8) is 0 Å². The fraction of sp³-hybridized carbons (Fsp3) is 0.281. The number of carbonyl (C=O) groups excluding carboxylic acids is 1. The molecule has 0 spiro atoms. The number of carbonyl (C=O) groups is 1. The minimum atomic E-state index is -3.83. The number of aromatic hydroxyl groups is 1. The van der Waals surface area contributed by atoms with Crippen LogP contribution in [0.2, 0.25) is 0 Å². The van der Waals surface area contributed by atoms with E-state index in [1.807, 2.05) is 72.8 Å². The first kappa shape index (κ1) is 28.6. The third-order valence-electron chi connectivity index (χ3n) is 7.63. The van der Waals surface area contributed by atoms with Gasteiger partial charge in [0.05, 0.1) is 4.90 Å². The van der Waals surface area contributed by atoms with Crippen LogP contribution >= 0.6 is 0 Å². The first-order valence-electron chi connectivity index (χ1n) is 13.7. The minimum Gasteiger partial charge on any atom is -0.508 e. The number of phenols is 1. The van der Waals surface area contributed by atoms with Gasteiger partial charge in [0, 0.05) is 51.2 Å². The molecule has 1 saturated heterocycles.